The molecule has 0 spiro atoms. The summed E-state index contributed by atoms with van der Waals surface area (Å²) in [5, 5.41) is 3.71. The Hall–Kier alpha value is -0.860. The molecule has 0 heterocycles. The first-order valence-corrected chi connectivity index (χ1v) is 8.07. The van der Waals surface area contributed by atoms with Gasteiger partial charge in [-0.15, -0.1) is 0 Å². The zero-order valence-corrected chi connectivity index (χ0v) is 13.2. The van der Waals surface area contributed by atoms with Crippen LogP contribution in [0, 0.1) is 11.8 Å². The molecule has 2 heteroatoms. The van der Waals surface area contributed by atoms with Crippen molar-refractivity contribution < 1.29 is 4.74 Å². The van der Waals surface area contributed by atoms with E-state index in [1.165, 1.54) is 30.4 Å². The Labute approximate surface area is 123 Å². The third-order valence-corrected chi connectivity index (χ3v) is 4.71. The van der Waals surface area contributed by atoms with Crippen LogP contribution in [-0.4, -0.2) is 20.3 Å². The van der Waals surface area contributed by atoms with E-state index in [4.69, 9.17) is 4.74 Å². The molecule has 1 saturated carbocycles. The Bertz CT molecular complexity index is 387. The molecule has 1 N–H and O–H groups in total. The SMILES string of the molecule is CCNC(c1ccc(CCOC)cc1)C1CCCC1C. The summed E-state index contributed by atoms with van der Waals surface area (Å²) < 4.78 is 5.15. The maximum absolute atomic E-state index is 5.15. The van der Waals surface area contributed by atoms with E-state index in [-0.39, 0.29) is 0 Å². The van der Waals surface area contributed by atoms with Crippen LogP contribution < -0.4 is 5.32 Å². The van der Waals surface area contributed by atoms with Gasteiger partial charge in [-0.1, -0.05) is 51.0 Å². The zero-order valence-electron chi connectivity index (χ0n) is 13.2. The van der Waals surface area contributed by atoms with E-state index < -0.39 is 0 Å². The fraction of sp³-hybridized carbons (Fsp3) is 0.667. The van der Waals surface area contributed by atoms with Crippen molar-refractivity contribution in [3.8, 4) is 0 Å². The minimum absolute atomic E-state index is 0.522. The van der Waals surface area contributed by atoms with Crippen LogP contribution in [0.4, 0.5) is 0 Å². The molecule has 3 atom stereocenters. The molecule has 0 amide bonds. The first-order valence-electron chi connectivity index (χ1n) is 8.07. The van der Waals surface area contributed by atoms with Crippen molar-refractivity contribution in [3.05, 3.63) is 35.4 Å². The monoisotopic (exact) mass is 275 g/mol. The highest BCUT2D eigenvalue weighted by Gasteiger charge is 2.31. The summed E-state index contributed by atoms with van der Waals surface area (Å²) in [4.78, 5) is 0. The van der Waals surface area contributed by atoms with E-state index in [1.807, 2.05) is 0 Å². The molecule has 20 heavy (non-hydrogen) atoms. The third kappa shape index (κ3) is 3.83. The molecule has 0 aliphatic heterocycles. The number of rotatable bonds is 7. The van der Waals surface area contributed by atoms with Crippen LogP contribution in [0.2, 0.25) is 0 Å². The molecule has 1 aliphatic carbocycles. The van der Waals surface area contributed by atoms with Gasteiger partial charge in [-0.05, 0) is 42.3 Å². The fourth-order valence-corrected chi connectivity index (χ4v) is 3.52. The Morgan fingerprint density at radius 2 is 2.00 bits per heavy atom. The van der Waals surface area contributed by atoms with Gasteiger partial charge in [-0.25, -0.2) is 0 Å². The fourth-order valence-electron chi connectivity index (χ4n) is 3.52. The highest BCUT2D eigenvalue weighted by molar-refractivity contribution is 5.26. The summed E-state index contributed by atoms with van der Waals surface area (Å²) in [5.74, 6) is 1.63. The second-order valence-corrected chi connectivity index (χ2v) is 6.09. The van der Waals surface area contributed by atoms with Crippen LogP contribution in [0.25, 0.3) is 0 Å². The van der Waals surface area contributed by atoms with E-state index in [1.54, 1.807) is 7.11 Å². The van der Waals surface area contributed by atoms with Gasteiger partial charge in [0, 0.05) is 13.2 Å². The maximum atomic E-state index is 5.15. The standard InChI is InChI=1S/C18H29NO/c1-4-19-18(17-7-5-6-14(17)2)16-10-8-15(9-11-16)12-13-20-3/h8-11,14,17-19H,4-7,12-13H2,1-3H3. The van der Waals surface area contributed by atoms with Crippen LogP contribution in [0.3, 0.4) is 0 Å². The van der Waals surface area contributed by atoms with Crippen LogP contribution >= 0.6 is 0 Å². The minimum atomic E-state index is 0.522. The molecular weight excluding hydrogens is 246 g/mol. The molecule has 112 valence electrons. The van der Waals surface area contributed by atoms with Crippen LogP contribution in [-0.2, 0) is 11.2 Å². The summed E-state index contributed by atoms with van der Waals surface area (Å²) in [6.07, 6.45) is 5.14. The lowest BCUT2D eigenvalue weighted by Crippen LogP contribution is -2.29. The largest absolute Gasteiger partial charge is 0.384 e. The molecule has 0 bridgehead atoms. The number of methoxy groups -OCH3 is 1. The van der Waals surface area contributed by atoms with Crippen molar-refractivity contribution in [1.29, 1.82) is 0 Å². The number of nitrogens with one attached hydrogen (secondary N) is 1. The van der Waals surface area contributed by atoms with Gasteiger partial charge in [-0.3, -0.25) is 0 Å². The number of ether oxygens (including phenoxy) is 1. The lowest BCUT2D eigenvalue weighted by Gasteiger charge is -2.28. The summed E-state index contributed by atoms with van der Waals surface area (Å²) in [6.45, 7) is 6.46. The molecule has 0 saturated heterocycles. The first kappa shape index (κ1) is 15.5. The quantitative estimate of drug-likeness (QED) is 0.813. The molecule has 1 aliphatic rings. The second-order valence-electron chi connectivity index (χ2n) is 6.09. The van der Waals surface area contributed by atoms with Crippen molar-refractivity contribution in [2.24, 2.45) is 11.8 Å². The molecule has 0 aromatic heterocycles. The third-order valence-electron chi connectivity index (χ3n) is 4.71. The number of hydrogen-bond acceptors (Lipinski definition) is 2. The van der Waals surface area contributed by atoms with Crippen LogP contribution in [0.1, 0.15) is 50.3 Å². The molecule has 2 nitrogen and oxygen atoms in total. The van der Waals surface area contributed by atoms with E-state index in [0.29, 0.717) is 6.04 Å². The number of hydrogen-bond donors (Lipinski definition) is 1. The summed E-state index contributed by atoms with van der Waals surface area (Å²) in [6, 6.07) is 9.66. The Morgan fingerprint density at radius 1 is 1.25 bits per heavy atom. The average molecular weight is 275 g/mol. The lowest BCUT2D eigenvalue weighted by molar-refractivity contribution is 0.202. The smallest absolute Gasteiger partial charge is 0.0502 e. The van der Waals surface area contributed by atoms with Gasteiger partial charge in [0.05, 0.1) is 6.61 Å². The highest BCUT2D eigenvalue weighted by Crippen LogP contribution is 2.40. The summed E-state index contributed by atoms with van der Waals surface area (Å²) >= 11 is 0. The predicted molar refractivity (Wildman–Crippen MR) is 84.9 cm³/mol. The molecule has 1 fully saturated rings. The van der Waals surface area contributed by atoms with Crippen molar-refractivity contribution in [2.75, 3.05) is 20.3 Å². The van der Waals surface area contributed by atoms with Crippen molar-refractivity contribution >= 4 is 0 Å². The lowest BCUT2D eigenvalue weighted by atomic mass is 9.85. The predicted octanol–water partition coefficient (Wildman–Crippen LogP) is 3.96. The summed E-state index contributed by atoms with van der Waals surface area (Å²) in [7, 11) is 1.76. The van der Waals surface area contributed by atoms with Gasteiger partial charge in [0.25, 0.3) is 0 Å². The van der Waals surface area contributed by atoms with Crippen molar-refractivity contribution in [2.45, 2.75) is 45.6 Å². The highest BCUT2D eigenvalue weighted by atomic mass is 16.5. The van der Waals surface area contributed by atoms with Crippen molar-refractivity contribution in [1.82, 2.24) is 5.32 Å². The van der Waals surface area contributed by atoms with Gasteiger partial charge in [-0.2, -0.15) is 0 Å². The van der Waals surface area contributed by atoms with Gasteiger partial charge in [0.1, 0.15) is 0 Å². The van der Waals surface area contributed by atoms with E-state index in [2.05, 4.69) is 43.4 Å². The second kappa shape index (κ2) is 7.80. The average Bonchev–Trinajstić information content (AvgIpc) is 2.89. The van der Waals surface area contributed by atoms with E-state index in [9.17, 15) is 0 Å². The first-order chi connectivity index (χ1) is 9.76. The van der Waals surface area contributed by atoms with Gasteiger partial charge < -0.3 is 10.1 Å². The Morgan fingerprint density at radius 3 is 2.55 bits per heavy atom. The molecule has 1 aromatic carbocycles. The van der Waals surface area contributed by atoms with Gasteiger partial charge >= 0.3 is 0 Å². The normalized spacial score (nSPS) is 23.9. The maximum Gasteiger partial charge on any atom is 0.0502 e. The molecule has 3 unspecified atom stereocenters. The Balaban J connectivity index is 2.08. The number of benzene rings is 1. The van der Waals surface area contributed by atoms with E-state index >= 15 is 0 Å². The van der Waals surface area contributed by atoms with Crippen LogP contribution in [0.15, 0.2) is 24.3 Å². The molecule has 1 aromatic rings. The molecular formula is C18H29NO. The Kier molecular flexibility index (Phi) is 6.06. The summed E-state index contributed by atoms with van der Waals surface area (Å²) in [5.41, 5.74) is 2.82. The van der Waals surface area contributed by atoms with Gasteiger partial charge in [0.15, 0.2) is 0 Å². The zero-order chi connectivity index (χ0) is 14.4. The minimum Gasteiger partial charge on any atom is -0.384 e. The molecule has 0 radical (unpaired) electrons. The topological polar surface area (TPSA) is 21.3 Å². The van der Waals surface area contributed by atoms with Crippen molar-refractivity contribution in [3.63, 3.8) is 0 Å². The van der Waals surface area contributed by atoms with Crippen LogP contribution in [0.5, 0.6) is 0 Å². The molecule has 2 rings (SSSR count). The van der Waals surface area contributed by atoms with E-state index in [0.717, 1.165) is 31.4 Å². The van der Waals surface area contributed by atoms with Gasteiger partial charge in [0.2, 0.25) is 0 Å².